The van der Waals surface area contributed by atoms with Crippen molar-refractivity contribution in [3.05, 3.63) is 48.5 Å². The lowest BCUT2D eigenvalue weighted by Crippen LogP contribution is -2.29. The predicted octanol–water partition coefficient (Wildman–Crippen LogP) is 2.95. The third-order valence-electron chi connectivity index (χ3n) is 3.82. The highest BCUT2D eigenvalue weighted by Crippen LogP contribution is 2.39. The maximum absolute atomic E-state index is 12.2. The molecule has 0 aliphatic carbocycles. The zero-order chi connectivity index (χ0) is 16.1. The van der Waals surface area contributed by atoms with Gasteiger partial charge in [-0.2, -0.15) is 0 Å². The molecule has 1 amide bonds. The van der Waals surface area contributed by atoms with E-state index in [2.05, 4.69) is 17.1 Å². The second-order valence-electron chi connectivity index (χ2n) is 5.41. The molecular formula is C17H21N3O2S. The molecule has 1 aromatic carbocycles. The van der Waals surface area contributed by atoms with Crippen molar-refractivity contribution >= 4 is 17.7 Å². The first-order valence-corrected chi connectivity index (χ1v) is 8.92. The summed E-state index contributed by atoms with van der Waals surface area (Å²) in [6.45, 7) is 4.28. The molecule has 2 aromatic rings. The summed E-state index contributed by atoms with van der Waals surface area (Å²) in [4.78, 5) is 18.2. The summed E-state index contributed by atoms with van der Waals surface area (Å²) in [6, 6.07) is 8.08. The number of hydrogen-bond acceptors (Lipinski definition) is 4. The van der Waals surface area contributed by atoms with Gasteiger partial charge >= 0.3 is 0 Å². The fourth-order valence-corrected chi connectivity index (χ4v) is 3.93. The molecular weight excluding hydrogens is 310 g/mol. The Hall–Kier alpha value is -1.95. The topological polar surface area (TPSA) is 47.4 Å². The lowest BCUT2D eigenvalue weighted by molar-refractivity contribution is -0.128. The Labute approximate surface area is 140 Å². The Morgan fingerprint density at radius 1 is 1.30 bits per heavy atom. The van der Waals surface area contributed by atoms with Crippen LogP contribution in [0.2, 0.25) is 0 Å². The van der Waals surface area contributed by atoms with Crippen LogP contribution >= 0.6 is 11.8 Å². The van der Waals surface area contributed by atoms with Crippen LogP contribution in [0.5, 0.6) is 5.75 Å². The first kappa shape index (κ1) is 15.9. The minimum atomic E-state index is 0.112. The van der Waals surface area contributed by atoms with E-state index in [1.165, 1.54) is 0 Å². The molecule has 0 bridgehead atoms. The van der Waals surface area contributed by atoms with Gasteiger partial charge in [0.05, 0.1) is 18.7 Å². The monoisotopic (exact) mass is 331 g/mol. The van der Waals surface area contributed by atoms with E-state index in [4.69, 9.17) is 4.74 Å². The summed E-state index contributed by atoms with van der Waals surface area (Å²) in [5.74, 6) is 1.65. The van der Waals surface area contributed by atoms with Gasteiger partial charge in [0, 0.05) is 25.5 Å². The Bertz CT molecular complexity index is 628. The number of carbonyl (C=O) groups is 1. The third-order valence-corrected chi connectivity index (χ3v) is 5.07. The number of ether oxygens (including phenoxy) is 1. The molecule has 1 aliphatic heterocycles. The van der Waals surface area contributed by atoms with Gasteiger partial charge in [-0.25, -0.2) is 4.98 Å². The summed E-state index contributed by atoms with van der Waals surface area (Å²) >= 11 is 1.70. The molecule has 0 N–H and O–H groups in total. The van der Waals surface area contributed by atoms with Crippen molar-refractivity contribution in [2.75, 3.05) is 18.9 Å². The molecule has 23 heavy (non-hydrogen) atoms. The zero-order valence-corrected chi connectivity index (χ0v) is 14.0. The molecule has 0 spiro atoms. The SMILES string of the molecule is CCOc1ccc(C2SCC(=O)N2CCCn2ccnc2)cc1. The van der Waals surface area contributed by atoms with Crippen LogP contribution in [0.3, 0.4) is 0 Å². The lowest BCUT2D eigenvalue weighted by atomic mass is 10.2. The molecule has 1 unspecified atom stereocenters. The fourth-order valence-electron chi connectivity index (χ4n) is 2.71. The van der Waals surface area contributed by atoms with Crippen molar-refractivity contribution < 1.29 is 9.53 Å². The van der Waals surface area contributed by atoms with Gasteiger partial charge in [-0.1, -0.05) is 12.1 Å². The van der Waals surface area contributed by atoms with Crippen LogP contribution in [0.1, 0.15) is 24.3 Å². The van der Waals surface area contributed by atoms with Gasteiger partial charge in [0.25, 0.3) is 0 Å². The van der Waals surface area contributed by atoms with E-state index in [0.29, 0.717) is 12.4 Å². The molecule has 5 nitrogen and oxygen atoms in total. The first-order valence-electron chi connectivity index (χ1n) is 7.87. The van der Waals surface area contributed by atoms with Crippen LogP contribution in [-0.2, 0) is 11.3 Å². The third kappa shape index (κ3) is 3.88. The van der Waals surface area contributed by atoms with Crippen molar-refractivity contribution in [3.63, 3.8) is 0 Å². The van der Waals surface area contributed by atoms with Crippen molar-refractivity contribution in [1.29, 1.82) is 0 Å². The molecule has 122 valence electrons. The number of imidazole rings is 1. The highest BCUT2D eigenvalue weighted by molar-refractivity contribution is 8.00. The number of benzene rings is 1. The van der Waals surface area contributed by atoms with E-state index in [9.17, 15) is 4.79 Å². The Kier molecular flexibility index (Phi) is 5.23. The number of amides is 1. The summed E-state index contributed by atoms with van der Waals surface area (Å²) in [5.41, 5.74) is 1.16. The molecule has 1 fully saturated rings. The average molecular weight is 331 g/mol. The molecule has 3 rings (SSSR count). The minimum absolute atomic E-state index is 0.112. The Morgan fingerprint density at radius 3 is 2.83 bits per heavy atom. The van der Waals surface area contributed by atoms with Crippen LogP contribution in [-0.4, -0.2) is 39.3 Å². The highest BCUT2D eigenvalue weighted by atomic mass is 32.2. The van der Waals surface area contributed by atoms with Crippen molar-refractivity contribution in [2.45, 2.75) is 25.3 Å². The molecule has 0 saturated carbocycles. The summed E-state index contributed by atoms with van der Waals surface area (Å²) in [5, 5.41) is 0.112. The maximum Gasteiger partial charge on any atom is 0.233 e. The number of aromatic nitrogens is 2. The van der Waals surface area contributed by atoms with E-state index in [1.807, 2.05) is 41.0 Å². The summed E-state index contributed by atoms with van der Waals surface area (Å²) < 4.78 is 7.52. The van der Waals surface area contributed by atoms with Crippen molar-refractivity contribution in [3.8, 4) is 5.75 Å². The molecule has 1 saturated heterocycles. The van der Waals surface area contributed by atoms with Gasteiger partial charge in [-0.05, 0) is 31.0 Å². The lowest BCUT2D eigenvalue weighted by Gasteiger charge is -2.24. The summed E-state index contributed by atoms with van der Waals surface area (Å²) in [7, 11) is 0. The normalized spacial score (nSPS) is 17.7. The molecule has 6 heteroatoms. The number of hydrogen-bond donors (Lipinski definition) is 0. The van der Waals surface area contributed by atoms with E-state index in [-0.39, 0.29) is 11.3 Å². The largest absolute Gasteiger partial charge is 0.494 e. The predicted molar refractivity (Wildman–Crippen MR) is 91.4 cm³/mol. The second-order valence-corrected chi connectivity index (χ2v) is 6.48. The van der Waals surface area contributed by atoms with Gasteiger partial charge in [-0.3, -0.25) is 4.79 Å². The Morgan fingerprint density at radius 2 is 2.13 bits per heavy atom. The van der Waals surface area contributed by atoms with E-state index in [1.54, 1.807) is 18.0 Å². The fraction of sp³-hybridized carbons (Fsp3) is 0.412. The minimum Gasteiger partial charge on any atom is -0.494 e. The van der Waals surface area contributed by atoms with Gasteiger partial charge in [0.1, 0.15) is 11.1 Å². The van der Waals surface area contributed by atoms with Crippen LogP contribution in [0.4, 0.5) is 0 Å². The molecule has 1 aliphatic rings. The first-order chi connectivity index (χ1) is 11.3. The average Bonchev–Trinajstić information content (AvgIpc) is 3.20. The molecule has 1 aromatic heterocycles. The van der Waals surface area contributed by atoms with Crippen LogP contribution < -0.4 is 4.74 Å². The van der Waals surface area contributed by atoms with E-state index >= 15 is 0 Å². The van der Waals surface area contributed by atoms with Crippen LogP contribution in [0.25, 0.3) is 0 Å². The van der Waals surface area contributed by atoms with Crippen LogP contribution in [0.15, 0.2) is 43.0 Å². The zero-order valence-electron chi connectivity index (χ0n) is 13.2. The maximum atomic E-state index is 12.2. The van der Waals surface area contributed by atoms with Gasteiger partial charge in [0.2, 0.25) is 5.91 Å². The second kappa shape index (κ2) is 7.55. The molecule has 2 heterocycles. The number of carbonyl (C=O) groups excluding carboxylic acids is 1. The number of thioether (sulfide) groups is 1. The highest BCUT2D eigenvalue weighted by Gasteiger charge is 2.32. The van der Waals surface area contributed by atoms with E-state index < -0.39 is 0 Å². The molecule has 1 atom stereocenters. The van der Waals surface area contributed by atoms with Crippen LogP contribution in [0, 0.1) is 0 Å². The van der Waals surface area contributed by atoms with Gasteiger partial charge < -0.3 is 14.2 Å². The number of nitrogens with zero attached hydrogens (tertiary/aromatic N) is 3. The van der Waals surface area contributed by atoms with Crippen molar-refractivity contribution in [1.82, 2.24) is 14.5 Å². The van der Waals surface area contributed by atoms with Crippen molar-refractivity contribution in [2.24, 2.45) is 0 Å². The van der Waals surface area contributed by atoms with Gasteiger partial charge in [0.15, 0.2) is 0 Å². The van der Waals surface area contributed by atoms with E-state index in [0.717, 1.165) is 30.8 Å². The van der Waals surface area contributed by atoms with Gasteiger partial charge in [-0.15, -0.1) is 11.8 Å². The molecule has 0 radical (unpaired) electrons. The number of rotatable bonds is 7. The summed E-state index contributed by atoms with van der Waals surface area (Å²) in [6.07, 6.45) is 6.46. The number of aryl methyl sites for hydroxylation is 1. The Balaban J connectivity index is 1.62. The standard InChI is InChI=1S/C17H21N3O2S/c1-2-22-15-6-4-14(5-7-15)17-20(16(21)12-23-17)10-3-9-19-11-8-18-13-19/h4-8,11,13,17H,2-3,9-10,12H2,1H3. The quantitative estimate of drug-likeness (QED) is 0.783. The smallest absolute Gasteiger partial charge is 0.233 e.